The molecule has 0 aromatic carbocycles. The molecule has 1 fully saturated rings. The number of nitrogens with zero attached hydrogens (tertiary/aromatic N) is 2. The molecule has 1 aromatic heterocycles. The lowest BCUT2D eigenvalue weighted by atomic mass is 9.71. The number of aromatic nitrogens is 2. The van der Waals surface area contributed by atoms with E-state index in [4.69, 9.17) is 0 Å². The van der Waals surface area contributed by atoms with E-state index in [1.165, 1.54) is 25.7 Å². The van der Waals surface area contributed by atoms with Gasteiger partial charge in [-0.1, -0.05) is 32.1 Å². The van der Waals surface area contributed by atoms with Crippen LogP contribution in [0.15, 0.2) is 0 Å². The molecule has 0 atom stereocenters. The molecular formula is C13H23N3S. The van der Waals surface area contributed by atoms with Crippen LogP contribution in [-0.2, 0) is 0 Å². The zero-order valence-corrected chi connectivity index (χ0v) is 12.1. The first-order valence-electron chi connectivity index (χ1n) is 6.52. The zero-order valence-electron chi connectivity index (χ0n) is 11.3. The Kier molecular flexibility index (Phi) is 3.71. The predicted octanol–water partition coefficient (Wildman–Crippen LogP) is 3.86. The molecule has 0 bridgehead atoms. The molecule has 0 unspecified atom stereocenters. The van der Waals surface area contributed by atoms with Gasteiger partial charge in [0, 0.05) is 6.04 Å². The van der Waals surface area contributed by atoms with E-state index >= 15 is 0 Å². The SMILES string of the molecule is Cc1nnc(NC2CCC(C(C)(C)C)CC2)s1. The number of aryl methyl sites for hydroxylation is 1. The van der Waals surface area contributed by atoms with Gasteiger partial charge in [-0.2, -0.15) is 0 Å². The number of rotatable bonds is 2. The number of hydrogen-bond donors (Lipinski definition) is 1. The van der Waals surface area contributed by atoms with Crippen molar-refractivity contribution in [2.75, 3.05) is 5.32 Å². The van der Waals surface area contributed by atoms with Crippen LogP contribution >= 0.6 is 11.3 Å². The summed E-state index contributed by atoms with van der Waals surface area (Å²) >= 11 is 1.65. The lowest BCUT2D eigenvalue weighted by Gasteiger charge is -2.37. The van der Waals surface area contributed by atoms with Gasteiger partial charge in [-0.25, -0.2) is 0 Å². The van der Waals surface area contributed by atoms with Gasteiger partial charge in [-0.05, 0) is 43.9 Å². The highest BCUT2D eigenvalue weighted by atomic mass is 32.1. The largest absolute Gasteiger partial charge is 0.357 e. The zero-order chi connectivity index (χ0) is 12.5. The predicted molar refractivity (Wildman–Crippen MR) is 73.5 cm³/mol. The molecule has 2 rings (SSSR count). The summed E-state index contributed by atoms with van der Waals surface area (Å²) in [6.45, 7) is 9.08. The van der Waals surface area contributed by atoms with Crippen LogP contribution in [0.25, 0.3) is 0 Å². The number of anilines is 1. The lowest BCUT2D eigenvalue weighted by Crippen LogP contribution is -2.31. The maximum Gasteiger partial charge on any atom is 0.205 e. The standard InChI is InChI=1S/C13H23N3S/c1-9-15-16-12(17-9)14-11-7-5-10(6-8-11)13(2,3)4/h10-11H,5-8H2,1-4H3,(H,14,16). The van der Waals surface area contributed by atoms with E-state index in [2.05, 4.69) is 36.3 Å². The summed E-state index contributed by atoms with van der Waals surface area (Å²) in [6.07, 6.45) is 5.19. The molecule has 0 aliphatic heterocycles. The van der Waals surface area contributed by atoms with Crippen LogP contribution in [-0.4, -0.2) is 16.2 Å². The van der Waals surface area contributed by atoms with Crippen molar-refractivity contribution in [2.24, 2.45) is 11.3 Å². The van der Waals surface area contributed by atoms with Gasteiger partial charge < -0.3 is 5.32 Å². The maximum atomic E-state index is 4.14. The highest BCUT2D eigenvalue weighted by Gasteiger charge is 2.29. The summed E-state index contributed by atoms with van der Waals surface area (Å²) < 4.78 is 0. The Morgan fingerprint density at radius 3 is 2.24 bits per heavy atom. The molecular weight excluding hydrogens is 230 g/mol. The van der Waals surface area contributed by atoms with Crippen molar-refractivity contribution in [2.45, 2.75) is 59.4 Å². The van der Waals surface area contributed by atoms with Crippen LogP contribution in [0.3, 0.4) is 0 Å². The molecule has 0 spiro atoms. The third-order valence-electron chi connectivity index (χ3n) is 3.81. The second-order valence-electron chi connectivity index (χ2n) is 6.19. The van der Waals surface area contributed by atoms with Gasteiger partial charge in [0.2, 0.25) is 5.13 Å². The third kappa shape index (κ3) is 3.41. The molecule has 1 aliphatic carbocycles. The van der Waals surface area contributed by atoms with Gasteiger partial charge in [-0.15, -0.1) is 10.2 Å². The molecule has 1 N–H and O–H groups in total. The molecule has 0 radical (unpaired) electrons. The minimum absolute atomic E-state index is 0.463. The summed E-state index contributed by atoms with van der Waals surface area (Å²) in [5.74, 6) is 0.872. The smallest absolute Gasteiger partial charge is 0.205 e. The molecule has 3 nitrogen and oxygen atoms in total. The highest BCUT2D eigenvalue weighted by molar-refractivity contribution is 7.15. The van der Waals surface area contributed by atoms with Gasteiger partial charge in [-0.3, -0.25) is 0 Å². The first-order chi connectivity index (χ1) is 7.95. The first kappa shape index (κ1) is 12.8. The average Bonchev–Trinajstić information content (AvgIpc) is 2.63. The minimum atomic E-state index is 0.463. The second kappa shape index (κ2) is 4.92. The Bertz CT molecular complexity index is 359. The monoisotopic (exact) mass is 253 g/mol. The fourth-order valence-corrected chi connectivity index (χ4v) is 3.30. The van der Waals surface area contributed by atoms with Crippen molar-refractivity contribution in [3.63, 3.8) is 0 Å². The topological polar surface area (TPSA) is 37.8 Å². The van der Waals surface area contributed by atoms with Crippen molar-refractivity contribution < 1.29 is 0 Å². The normalized spacial score (nSPS) is 25.9. The van der Waals surface area contributed by atoms with Gasteiger partial charge in [0.1, 0.15) is 5.01 Å². The summed E-state index contributed by atoms with van der Waals surface area (Å²) in [5, 5.41) is 13.7. The van der Waals surface area contributed by atoms with E-state index in [1.807, 2.05) is 6.92 Å². The van der Waals surface area contributed by atoms with Crippen LogP contribution in [0.5, 0.6) is 0 Å². The molecule has 0 amide bonds. The van der Waals surface area contributed by atoms with Crippen molar-refractivity contribution in [3.05, 3.63) is 5.01 Å². The van der Waals surface area contributed by atoms with Crippen molar-refractivity contribution in [1.82, 2.24) is 10.2 Å². The minimum Gasteiger partial charge on any atom is -0.357 e. The Morgan fingerprint density at radius 1 is 1.12 bits per heavy atom. The van der Waals surface area contributed by atoms with E-state index in [1.54, 1.807) is 11.3 Å². The van der Waals surface area contributed by atoms with Gasteiger partial charge in [0.05, 0.1) is 0 Å². The summed E-state index contributed by atoms with van der Waals surface area (Å²) in [5.41, 5.74) is 0.463. The van der Waals surface area contributed by atoms with E-state index in [-0.39, 0.29) is 0 Å². The molecule has 1 heterocycles. The van der Waals surface area contributed by atoms with E-state index in [0.717, 1.165) is 16.1 Å². The molecule has 1 saturated carbocycles. The Balaban J connectivity index is 1.83. The van der Waals surface area contributed by atoms with E-state index < -0.39 is 0 Å². The van der Waals surface area contributed by atoms with E-state index in [0.29, 0.717) is 11.5 Å². The molecule has 4 heteroatoms. The fourth-order valence-electron chi connectivity index (χ4n) is 2.63. The van der Waals surface area contributed by atoms with Crippen LogP contribution in [0.1, 0.15) is 51.5 Å². The van der Waals surface area contributed by atoms with Crippen molar-refractivity contribution in [3.8, 4) is 0 Å². The molecule has 1 aliphatic rings. The average molecular weight is 253 g/mol. The number of nitrogens with one attached hydrogen (secondary N) is 1. The van der Waals surface area contributed by atoms with Crippen LogP contribution in [0.2, 0.25) is 0 Å². The highest BCUT2D eigenvalue weighted by Crippen LogP contribution is 2.38. The summed E-state index contributed by atoms with van der Waals surface area (Å²) in [7, 11) is 0. The van der Waals surface area contributed by atoms with Gasteiger partial charge in [0.15, 0.2) is 0 Å². The molecule has 1 aromatic rings. The van der Waals surface area contributed by atoms with Gasteiger partial charge >= 0.3 is 0 Å². The van der Waals surface area contributed by atoms with E-state index in [9.17, 15) is 0 Å². The molecule has 96 valence electrons. The van der Waals surface area contributed by atoms with Crippen LogP contribution in [0.4, 0.5) is 5.13 Å². The Hall–Kier alpha value is -0.640. The Labute approximate surface area is 108 Å². The van der Waals surface area contributed by atoms with Crippen LogP contribution in [0, 0.1) is 18.3 Å². The first-order valence-corrected chi connectivity index (χ1v) is 7.33. The summed E-state index contributed by atoms with van der Waals surface area (Å²) in [6, 6.07) is 0.598. The quantitative estimate of drug-likeness (QED) is 0.869. The van der Waals surface area contributed by atoms with Gasteiger partial charge in [0.25, 0.3) is 0 Å². The lowest BCUT2D eigenvalue weighted by molar-refractivity contribution is 0.173. The van der Waals surface area contributed by atoms with Crippen molar-refractivity contribution in [1.29, 1.82) is 0 Å². The second-order valence-corrected chi connectivity index (χ2v) is 7.37. The third-order valence-corrected chi connectivity index (χ3v) is 4.58. The number of hydrogen-bond acceptors (Lipinski definition) is 4. The van der Waals surface area contributed by atoms with Crippen LogP contribution < -0.4 is 5.32 Å². The maximum absolute atomic E-state index is 4.14. The molecule has 0 saturated heterocycles. The fraction of sp³-hybridized carbons (Fsp3) is 0.846. The molecule has 17 heavy (non-hydrogen) atoms. The van der Waals surface area contributed by atoms with Crippen molar-refractivity contribution >= 4 is 16.5 Å². The Morgan fingerprint density at radius 2 is 1.76 bits per heavy atom. The summed E-state index contributed by atoms with van der Waals surface area (Å²) in [4.78, 5) is 0.